The summed E-state index contributed by atoms with van der Waals surface area (Å²) >= 11 is 0. The summed E-state index contributed by atoms with van der Waals surface area (Å²) < 4.78 is 0. The van der Waals surface area contributed by atoms with Crippen molar-refractivity contribution in [3.63, 3.8) is 0 Å². The second kappa shape index (κ2) is 9.57. The van der Waals surface area contributed by atoms with Crippen LogP contribution in [0, 0.1) is 12.3 Å². The molecule has 0 unspecified atom stereocenters. The SMILES string of the molecule is C#Cc1cccc(Nc2ncnc3ccc(NC(=O)C(C)(C)N4CCN(CC)CC4)cc23)c1. The van der Waals surface area contributed by atoms with Crippen molar-refractivity contribution < 1.29 is 4.79 Å². The van der Waals surface area contributed by atoms with Crippen LogP contribution in [0.2, 0.25) is 0 Å². The standard InChI is InChI=1S/C26H30N6O/c1-5-19-8-7-9-20(16-19)29-24-22-17-21(10-11-23(22)27-18-28-24)30-25(33)26(3,4)32-14-12-31(6-2)13-15-32/h1,7-11,16-18H,6,12-15H2,2-4H3,(H,30,33)(H,27,28,29). The molecule has 1 saturated heterocycles. The number of benzene rings is 2. The van der Waals surface area contributed by atoms with Crippen molar-refractivity contribution in [3.8, 4) is 12.3 Å². The minimum atomic E-state index is -0.612. The molecule has 0 bridgehead atoms. The molecule has 1 aliphatic rings. The van der Waals surface area contributed by atoms with Gasteiger partial charge >= 0.3 is 0 Å². The predicted molar refractivity (Wildman–Crippen MR) is 134 cm³/mol. The zero-order chi connectivity index (χ0) is 23.4. The van der Waals surface area contributed by atoms with Gasteiger partial charge in [-0.3, -0.25) is 9.69 Å². The van der Waals surface area contributed by atoms with E-state index in [0.29, 0.717) is 11.5 Å². The second-order valence-corrected chi connectivity index (χ2v) is 8.74. The number of fused-ring (bicyclic) bond motifs is 1. The lowest BCUT2D eigenvalue weighted by Gasteiger charge is -2.42. The molecular formula is C26H30N6O. The van der Waals surface area contributed by atoms with Gasteiger partial charge in [0.1, 0.15) is 12.1 Å². The van der Waals surface area contributed by atoms with Crippen molar-refractivity contribution >= 4 is 34.0 Å². The number of carbonyl (C=O) groups excluding carboxylic acids is 1. The van der Waals surface area contributed by atoms with Crippen LogP contribution in [0.25, 0.3) is 10.9 Å². The van der Waals surface area contributed by atoms with Crippen LogP contribution in [0.1, 0.15) is 26.3 Å². The molecule has 1 aromatic heterocycles. The normalized spacial score (nSPS) is 15.2. The van der Waals surface area contributed by atoms with Crippen LogP contribution in [0.3, 0.4) is 0 Å². The van der Waals surface area contributed by atoms with Gasteiger partial charge in [0.15, 0.2) is 0 Å². The van der Waals surface area contributed by atoms with E-state index in [9.17, 15) is 4.79 Å². The molecule has 7 nitrogen and oxygen atoms in total. The van der Waals surface area contributed by atoms with Crippen LogP contribution < -0.4 is 10.6 Å². The third-order valence-corrected chi connectivity index (χ3v) is 6.35. The number of aromatic nitrogens is 2. The lowest BCUT2D eigenvalue weighted by atomic mass is 10.00. The van der Waals surface area contributed by atoms with Crippen molar-refractivity contribution in [2.45, 2.75) is 26.3 Å². The number of hydrogen-bond acceptors (Lipinski definition) is 6. The summed E-state index contributed by atoms with van der Waals surface area (Å²) in [7, 11) is 0. The number of amides is 1. The van der Waals surface area contributed by atoms with E-state index in [1.807, 2.05) is 56.3 Å². The second-order valence-electron chi connectivity index (χ2n) is 8.74. The van der Waals surface area contributed by atoms with Gasteiger partial charge in [0, 0.05) is 48.5 Å². The molecule has 0 atom stereocenters. The molecule has 7 heteroatoms. The largest absolute Gasteiger partial charge is 0.340 e. The van der Waals surface area contributed by atoms with Crippen LogP contribution in [-0.4, -0.2) is 63.9 Å². The molecular weight excluding hydrogens is 412 g/mol. The third kappa shape index (κ3) is 4.98. The minimum absolute atomic E-state index is 0.0279. The summed E-state index contributed by atoms with van der Waals surface area (Å²) in [6.45, 7) is 10.9. The van der Waals surface area contributed by atoms with Gasteiger partial charge in [-0.25, -0.2) is 9.97 Å². The van der Waals surface area contributed by atoms with Gasteiger partial charge in [-0.1, -0.05) is 18.9 Å². The van der Waals surface area contributed by atoms with Crippen LogP contribution in [0.4, 0.5) is 17.2 Å². The maximum atomic E-state index is 13.2. The van der Waals surface area contributed by atoms with Crippen molar-refractivity contribution in [2.75, 3.05) is 43.4 Å². The number of piperazine rings is 1. The average Bonchev–Trinajstić information content (AvgIpc) is 2.84. The number of hydrogen-bond donors (Lipinski definition) is 2. The zero-order valence-electron chi connectivity index (χ0n) is 19.4. The Morgan fingerprint density at radius 1 is 1.09 bits per heavy atom. The Balaban J connectivity index is 1.54. The Bertz CT molecular complexity index is 1190. The van der Waals surface area contributed by atoms with E-state index in [1.54, 1.807) is 0 Å². The highest BCUT2D eigenvalue weighted by molar-refractivity contribution is 6.00. The summed E-state index contributed by atoms with van der Waals surface area (Å²) in [6, 6.07) is 13.3. The molecule has 3 aromatic rings. The van der Waals surface area contributed by atoms with E-state index < -0.39 is 5.54 Å². The Labute approximate surface area is 195 Å². The van der Waals surface area contributed by atoms with E-state index in [-0.39, 0.29) is 5.91 Å². The van der Waals surface area contributed by atoms with Crippen LogP contribution in [-0.2, 0) is 4.79 Å². The maximum absolute atomic E-state index is 13.2. The highest BCUT2D eigenvalue weighted by Gasteiger charge is 2.36. The van der Waals surface area contributed by atoms with E-state index >= 15 is 0 Å². The Morgan fingerprint density at radius 3 is 2.61 bits per heavy atom. The highest BCUT2D eigenvalue weighted by Crippen LogP contribution is 2.27. The fourth-order valence-electron chi connectivity index (χ4n) is 4.11. The molecule has 1 aliphatic heterocycles. The molecule has 33 heavy (non-hydrogen) atoms. The molecule has 2 N–H and O–H groups in total. The first-order valence-corrected chi connectivity index (χ1v) is 11.3. The monoisotopic (exact) mass is 442 g/mol. The molecule has 2 heterocycles. The average molecular weight is 443 g/mol. The van der Waals surface area contributed by atoms with Gasteiger partial charge in [0.2, 0.25) is 5.91 Å². The summed E-state index contributed by atoms with van der Waals surface area (Å²) in [4.78, 5) is 26.7. The Kier molecular flexibility index (Phi) is 6.59. The summed E-state index contributed by atoms with van der Waals surface area (Å²) in [5.74, 6) is 3.27. The van der Waals surface area contributed by atoms with E-state index in [0.717, 1.165) is 54.9 Å². The lowest BCUT2D eigenvalue weighted by molar-refractivity contribution is -0.127. The smallest absolute Gasteiger partial charge is 0.244 e. The molecule has 0 spiro atoms. The number of nitrogens with one attached hydrogen (secondary N) is 2. The highest BCUT2D eigenvalue weighted by atomic mass is 16.2. The number of likely N-dealkylation sites (N-methyl/N-ethyl adjacent to an activating group) is 1. The fourth-order valence-corrected chi connectivity index (χ4v) is 4.11. The molecule has 0 saturated carbocycles. The van der Waals surface area contributed by atoms with E-state index in [1.165, 1.54) is 6.33 Å². The van der Waals surface area contributed by atoms with Gasteiger partial charge in [-0.05, 0) is 56.8 Å². The predicted octanol–water partition coefficient (Wildman–Crippen LogP) is 3.71. The van der Waals surface area contributed by atoms with E-state index in [4.69, 9.17) is 6.42 Å². The molecule has 170 valence electrons. The molecule has 2 aromatic carbocycles. The number of carbonyl (C=O) groups is 1. The third-order valence-electron chi connectivity index (χ3n) is 6.35. The Morgan fingerprint density at radius 2 is 1.88 bits per heavy atom. The minimum Gasteiger partial charge on any atom is -0.340 e. The maximum Gasteiger partial charge on any atom is 0.244 e. The van der Waals surface area contributed by atoms with Crippen LogP contribution in [0.5, 0.6) is 0 Å². The van der Waals surface area contributed by atoms with E-state index in [2.05, 4.69) is 43.2 Å². The van der Waals surface area contributed by atoms with Crippen molar-refractivity contribution in [1.29, 1.82) is 0 Å². The summed E-state index contributed by atoms with van der Waals surface area (Å²) in [5.41, 5.74) is 2.51. The number of rotatable bonds is 6. The first-order chi connectivity index (χ1) is 15.9. The van der Waals surface area contributed by atoms with Gasteiger partial charge < -0.3 is 15.5 Å². The van der Waals surface area contributed by atoms with Crippen molar-refractivity contribution in [3.05, 3.63) is 54.4 Å². The van der Waals surface area contributed by atoms with Crippen molar-refractivity contribution in [2.24, 2.45) is 0 Å². The molecule has 1 amide bonds. The fraction of sp³-hybridized carbons (Fsp3) is 0.346. The zero-order valence-corrected chi connectivity index (χ0v) is 19.4. The molecule has 1 fully saturated rings. The topological polar surface area (TPSA) is 73.4 Å². The summed E-state index contributed by atoms with van der Waals surface area (Å²) in [6.07, 6.45) is 7.04. The lowest BCUT2D eigenvalue weighted by Crippen LogP contribution is -2.59. The molecule has 0 aliphatic carbocycles. The van der Waals surface area contributed by atoms with Gasteiger partial charge in [-0.15, -0.1) is 6.42 Å². The summed E-state index contributed by atoms with van der Waals surface area (Å²) in [5, 5.41) is 7.24. The first kappa shape index (κ1) is 22.7. The first-order valence-electron chi connectivity index (χ1n) is 11.3. The number of nitrogens with zero attached hydrogens (tertiary/aromatic N) is 4. The molecule has 0 radical (unpaired) electrons. The Hall–Kier alpha value is -3.47. The van der Waals surface area contributed by atoms with Gasteiger partial charge in [0.25, 0.3) is 0 Å². The van der Waals surface area contributed by atoms with Crippen LogP contribution in [0.15, 0.2) is 48.8 Å². The van der Waals surface area contributed by atoms with Crippen molar-refractivity contribution in [1.82, 2.24) is 19.8 Å². The number of terminal acetylenes is 1. The van der Waals surface area contributed by atoms with Gasteiger partial charge in [-0.2, -0.15) is 0 Å². The molecule has 4 rings (SSSR count). The number of anilines is 3. The van der Waals surface area contributed by atoms with Gasteiger partial charge in [0.05, 0.1) is 11.1 Å². The van der Waals surface area contributed by atoms with Crippen LogP contribution >= 0.6 is 0 Å². The quantitative estimate of drug-likeness (QED) is 0.567.